The maximum absolute atomic E-state index is 11.7. The maximum Gasteiger partial charge on any atom is 0.358 e. The molecule has 1 N–H and O–H groups in total. The van der Waals surface area contributed by atoms with Crippen LogP contribution in [-0.2, 0) is 4.74 Å². The van der Waals surface area contributed by atoms with E-state index in [2.05, 4.69) is 16.4 Å². The monoisotopic (exact) mass is 287 g/mol. The van der Waals surface area contributed by atoms with Crippen LogP contribution in [0.1, 0.15) is 27.9 Å². The average Bonchev–Trinajstić information content (AvgIpc) is 2.80. The van der Waals surface area contributed by atoms with Crippen LogP contribution in [0.2, 0.25) is 0 Å². The van der Waals surface area contributed by atoms with Crippen LogP contribution in [0.15, 0.2) is 24.3 Å². The molecule has 0 radical (unpaired) electrons. The summed E-state index contributed by atoms with van der Waals surface area (Å²) in [5.41, 5.74) is 1.65. The van der Waals surface area contributed by atoms with Gasteiger partial charge >= 0.3 is 5.97 Å². The summed E-state index contributed by atoms with van der Waals surface area (Å²) in [7, 11) is 0. The third-order valence-electron chi connectivity index (χ3n) is 2.51. The predicted molar refractivity (Wildman–Crippen MR) is 77.2 cm³/mol. The lowest BCUT2D eigenvalue weighted by Crippen LogP contribution is -2.06. The lowest BCUT2D eigenvalue weighted by atomic mass is 10.2. The molecule has 5 nitrogen and oxygen atoms in total. The molecule has 1 aromatic heterocycles. The minimum absolute atomic E-state index is 0.322. The van der Waals surface area contributed by atoms with Gasteiger partial charge in [0.15, 0.2) is 10.8 Å². The van der Waals surface area contributed by atoms with E-state index < -0.39 is 5.97 Å². The van der Waals surface area contributed by atoms with Crippen molar-refractivity contribution in [2.45, 2.75) is 13.8 Å². The highest BCUT2D eigenvalue weighted by Crippen LogP contribution is 2.26. The van der Waals surface area contributed by atoms with E-state index in [1.807, 2.05) is 13.0 Å². The van der Waals surface area contributed by atoms with Crippen LogP contribution in [0.5, 0.6) is 0 Å². The highest BCUT2D eigenvalue weighted by Gasteiger charge is 2.16. The Hall–Kier alpha value is -2.39. The Labute approximate surface area is 120 Å². The van der Waals surface area contributed by atoms with Gasteiger partial charge < -0.3 is 10.1 Å². The maximum atomic E-state index is 11.7. The summed E-state index contributed by atoms with van der Waals surface area (Å²) in [5.74, 6) is -0.417. The molecule has 20 heavy (non-hydrogen) atoms. The zero-order valence-corrected chi connectivity index (χ0v) is 12.0. The number of aromatic nitrogens is 1. The third-order valence-corrected chi connectivity index (χ3v) is 3.39. The molecule has 0 aliphatic rings. The molecule has 0 aliphatic heterocycles. The van der Waals surface area contributed by atoms with Crippen molar-refractivity contribution >= 4 is 28.1 Å². The number of esters is 1. The number of rotatable bonds is 4. The van der Waals surface area contributed by atoms with Crippen LogP contribution >= 0.6 is 11.3 Å². The topological polar surface area (TPSA) is 75.0 Å². The Bertz CT molecular complexity index is 673. The molecule has 0 bridgehead atoms. The van der Waals surface area contributed by atoms with Gasteiger partial charge in [-0.3, -0.25) is 0 Å². The van der Waals surface area contributed by atoms with Crippen molar-refractivity contribution in [3.05, 3.63) is 40.4 Å². The lowest BCUT2D eigenvalue weighted by molar-refractivity contribution is 0.0519. The Kier molecular flexibility index (Phi) is 4.33. The van der Waals surface area contributed by atoms with Gasteiger partial charge in [0.25, 0.3) is 0 Å². The van der Waals surface area contributed by atoms with Gasteiger partial charge in [0.1, 0.15) is 0 Å². The Morgan fingerprint density at radius 3 is 3.05 bits per heavy atom. The normalized spacial score (nSPS) is 9.85. The fourth-order valence-electron chi connectivity index (χ4n) is 1.63. The van der Waals surface area contributed by atoms with E-state index in [9.17, 15) is 4.79 Å². The summed E-state index contributed by atoms with van der Waals surface area (Å²) in [4.78, 5) is 16.7. The molecule has 1 heterocycles. The second kappa shape index (κ2) is 6.17. The van der Waals surface area contributed by atoms with E-state index in [-0.39, 0.29) is 0 Å². The average molecular weight is 287 g/mol. The van der Waals surface area contributed by atoms with Crippen molar-refractivity contribution in [3.8, 4) is 6.07 Å². The summed E-state index contributed by atoms with van der Waals surface area (Å²) >= 11 is 1.37. The van der Waals surface area contributed by atoms with E-state index in [0.717, 1.165) is 10.6 Å². The van der Waals surface area contributed by atoms with E-state index in [4.69, 9.17) is 10.00 Å². The van der Waals surface area contributed by atoms with Gasteiger partial charge in [0.05, 0.1) is 18.2 Å². The third kappa shape index (κ3) is 3.13. The second-order valence-corrected chi connectivity index (χ2v) is 5.17. The van der Waals surface area contributed by atoms with Crippen LogP contribution in [0.25, 0.3) is 0 Å². The van der Waals surface area contributed by atoms with Gasteiger partial charge in [0, 0.05) is 10.6 Å². The van der Waals surface area contributed by atoms with E-state index >= 15 is 0 Å². The first-order chi connectivity index (χ1) is 9.63. The molecule has 0 amide bonds. The zero-order chi connectivity index (χ0) is 14.5. The number of nitriles is 1. The first kappa shape index (κ1) is 14.0. The van der Waals surface area contributed by atoms with Crippen molar-refractivity contribution < 1.29 is 9.53 Å². The molecule has 1 aromatic carbocycles. The molecule has 0 saturated carbocycles. The van der Waals surface area contributed by atoms with E-state index in [1.165, 1.54) is 11.3 Å². The molecular weight excluding hydrogens is 274 g/mol. The number of aryl methyl sites for hydroxylation is 1. The van der Waals surface area contributed by atoms with E-state index in [0.29, 0.717) is 23.0 Å². The van der Waals surface area contributed by atoms with Gasteiger partial charge in [-0.2, -0.15) is 5.26 Å². The van der Waals surface area contributed by atoms with Crippen molar-refractivity contribution in [2.24, 2.45) is 0 Å². The summed E-state index contributed by atoms with van der Waals surface area (Å²) in [6.07, 6.45) is 0. The van der Waals surface area contributed by atoms with Crippen molar-refractivity contribution in [3.63, 3.8) is 0 Å². The number of ether oxygens (including phenoxy) is 1. The summed E-state index contributed by atoms with van der Waals surface area (Å²) in [5, 5.41) is 12.5. The number of thiazole rings is 1. The van der Waals surface area contributed by atoms with Crippen LogP contribution in [0.4, 0.5) is 10.8 Å². The fourth-order valence-corrected chi connectivity index (χ4v) is 2.45. The molecule has 2 aromatic rings. The number of nitrogens with zero attached hydrogens (tertiary/aromatic N) is 2. The number of hydrogen-bond donors (Lipinski definition) is 1. The van der Waals surface area contributed by atoms with Crippen LogP contribution in [0, 0.1) is 18.3 Å². The van der Waals surface area contributed by atoms with E-state index in [1.54, 1.807) is 25.1 Å². The number of benzene rings is 1. The van der Waals surface area contributed by atoms with Crippen molar-refractivity contribution in [1.82, 2.24) is 4.98 Å². The smallest absolute Gasteiger partial charge is 0.358 e. The lowest BCUT2D eigenvalue weighted by Gasteiger charge is -2.02. The second-order valence-electron chi connectivity index (χ2n) is 3.96. The molecule has 0 aliphatic carbocycles. The number of carbonyl (C=O) groups is 1. The van der Waals surface area contributed by atoms with Crippen molar-refractivity contribution in [1.29, 1.82) is 5.26 Å². The standard InChI is InChI=1S/C14H13N3O2S/c1-3-19-13(18)12-9(2)20-14(17-12)16-11-6-4-5-10(7-11)8-15/h4-7H,3H2,1-2H3,(H,16,17). The summed E-state index contributed by atoms with van der Waals surface area (Å²) in [6.45, 7) is 3.90. The molecule has 0 saturated heterocycles. The number of anilines is 2. The highest BCUT2D eigenvalue weighted by molar-refractivity contribution is 7.15. The van der Waals surface area contributed by atoms with Gasteiger partial charge in [-0.1, -0.05) is 6.07 Å². The summed E-state index contributed by atoms with van der Waals surface area (Å²) in [6, 6.07) is 9.14. The van der Waals surface area contributed by atoms with Crippen LogP contribution in [-0.4, -0.2) is 17.6 Å². The van der Waals surface area contributed by atoms with Gasteiger partial charge in [0.2, 0.25) is 0 Å². The van der Waals surface area contributed by atoms with Crippen LogP contribution < -0.4 is 5.32 Å². The quantitative estimate of drug-likeness (QED) is 0.874. The summed E-state index contributed by atoms with van der Waals surface area (Å²) < 4.78 is 4.94. The Morgan fingerprint density at radius 2 is 2.35 bits per heavy atom. The number of nitrogens with one attached hydrogen (secondary N) is 1. The Morgan fingerprint density at radius 1 is 1.55 bits per heavy atom. The molecule has 0 fully saturated rings. The zero-order valence-electron chi connectivity index (χ0n) is 11.1. The SMILES string of the molecule is CCOC(=O)c1nc(Nc2cccc(C#N)c2)sc1C. The molecule has 0 atom stereocenters. The highest BCUT2D eigenvalue weighted by atomic mass is 32.1. The van der Waals surface area contributed by atoms with Gasteiger partial charge in [-0.25, -0.2) is 9.78 Å². The van der Waals surface area contributed by atoms with Gasteiger partial charge in [-0.05, 0) is 32.0 Å². The molecular formula is C14H13N3O2S. The minimum Gasteiger partial charge on any atom is -0.461 e. The fraction of sp³-hybridized carbons (Fsp3) is 0.214. The molecule has 0 unspecified atom stereocenters. The Balaban J connectivity index is 2.20. The molecule has 102 valence electrons. The molecule has 0 spiro atoms. The number of carbonyl (C=O) groups excluding carboxylic acids is 1. The van der Waals surface area contributed by atoms with Crippen LogP contribution in [0.3, 0.4) is 0 Å². The van der Waals surface area contributed by atoms with Gasteiger partial charge in [-0.15, -0.1) is 11.3 Å². The molecule has 2 rings (SSSR count). The van der Waals surface area contributed by atoms with Crippen molar-refractivity contribution in [2.75, 3.05) is 11.9 Å². The minimum atomic E-state index is -0.417. The largest absolute Gasteiger partial charge is 0.461 e. The predicted octanol–water partition coefficient (Wildman–Crippen LogP) is 3.24. The first-order valence-electron chi connectivity index (χ1n) is 6.05. The molecule has 6 heteroatoms. The number of hydrogen-bond acceptors (Lipinski definition) is 6. The first-order valence-corrected chi connectivity index (χ1v) is 6.87.